The SMILES string of the molecule is C#CN(C)CCCC. The minimum absolute atomic E-state index is 1.02. The van der Waals surface area contributed by atoms with Crippen LogP contribution in [0.3, 0.4) is 0 Å². The molecule has 0 aromatic carbocycles. The van der Waals surface area contributed by atoms with Crippen molar-refractivity contribution in [3.05, 3.63) is 0 Å². The van der Waals surface area contributed by atoms with Gasteiger partial charge >= 0.3 is 0 Å². The first kappa shape index (κ1) is 7.36. The van der Waals surface area contributed by atoms with E-state index >= 15 is 0 Å². The van der Waals surface area contributed by atoms with Gasteiger partial charge in [-0.15, -0.1) is 0 Å². The summed E-state index contributed by atoms with van der Waals surface area (Å²) < 4.78 is 0. The molecule has 0 saturated carbocycles. The predicted molar refractivity (Wildman–Crippen MR) is 36.4 cm³/mol. The largest absolute Gasteiger partial charge is 0.336 e. The van der Waals surface area contributed by atoms with Crippen molar-refractivity contribution in [1.82, 2.24) is 4.90 Å². The third-order valence-electron chi connectivity index (χ3n) is 1.07. The molecule has 0 heterocycles. The Kier molecular flexibility index (Phi) is 4.16. The highest BCUT2D eigenvalue weighted by Crippen LogP contribution is 1.87. The molecule has 0 spiro atoms. The van der Waals surface area contributed by atoms with Gasteiger partial charge in [0.2, 0.25) is 0 Å². The van der Waals surface area contributed by atoms with Gasteiger partial charge in [-0.2, -0.15) is 0 Å². The fourth-order valence-corrected chi connectivity index (χ4v) is 0.460. The van der Waals surface area contributed by atoms with E-state index in [0.717, 1.165) is 6.54 Å². The smallest absolute Gasteiger partial charge is 0.0257 e. The topological polar surface area (TPSA) is 3.24 Å². The van der Waals surface area contributed by atoms with Crippen molar-refractivity contribution >= 4 is 0 Å². The zero-order chi connectivity index (χ0) is 6.41. The quantitative estimate of drug-likeness (QED) is 0.392. The molecule has 0 amide bonds. The Balaban J connectivity index is 3.02. The lowest BCUT2D eigenvalue weighted by molar-refractivity contribution is 0.465. The van der Waals surface area contributed by atoms with E-state index in [0.29, 0.717) is 0 Å². The van der Waals surface area contributed by atoms with Crippen LogP contribution in [0.4, 0.5) is 0 Å². The summed E-state index contributed by atoms with van der Waals surface area (Å²) >= 11 is 0. The van der Waals surface area contributed by atoms with Crippen LogP contribution in [0.1, 0.15) is 19.8 Å². The summed E-state index contributed by atoms with van der Waals surface area (Å²) in [6.45, 7) is 3.18. The summed E-state index contributed by atoms with van der Waals surface area (Å²) in [6.07, 6.45) is 7.50. The maximum Gasteiger partial charge on any atom is 0.0257 e. The maximum atomic E-state index is 5.09. The van der Waals surface area contributed by atoms with E-state index in [1.54, 1.807) is 0 Å². The minimum atomic E-state index is 1.02. The van der Waals surface area contributed by atoms with Crippen LogP contribution < -0.4 is 0 Å². The first-order valence-electron chi connectivity index (χ1n) is 2.98. The summed E-state index contributed by atoms with van der Waals surface area (Å²) in [5.41, 5.74) is 0. The van der Waals surface area contributed by atoms with Crippen LogP contribution in [-0.4, -0.2) is 18.5 Å². The van der Waals surface area contributed by atoms with Gasteiger partial charge in [0.05, 0.1) is 0 Å². The second-order valence-corrected chi connectivity index (χ2v) is 1.90. The Bertz CT molecular complexity index is 80.9. The number of terminal acetylenes is 1. The lowest BCUT2D eigenvalue weighted by Gasteiger charge is -2.07. The highest BCUT2D eigenvalue weighted by molar-refractivity contribution is 4.81. The molecule has 0 bridgehead atoms. The van der Waals surface area contributed by atoms with Crippen LogP contribution in [0.2, 0.25) is 0 Å². The molecule has 0 atom stereocenters. The Labute approximate surface area is 51.7 Å². The molecule has 0 aromatic heterocycles. The molecule has 0 rings (SSSR count). The second-order valence-electron chi connectivity index (χ2n) is 1.90. The second kappa shape index (κ2) is 4.52. The molecular formula is C7H13N. The van der Waals surface area contributed by atoms with Gasteiger partial charge in [0.15, 0.2) is 0 Å². The molecule has 0 N–H and O–H groups in total. The van der Waals surface area contributed by atoms with E-state index in [2.05, 4.69) is 13.0 Å². The lowest BCUT2D eigenvalue weighted by Crippen LogP contribution is -2.11. The number of rotatable bonds is 3. The van der Waals surface area contributed by atoms with Gasteiger partial charge in [-0.3, -0.25) is 0 Å². The molecule has 0 aliphatic rings. The number of hydrogen-bond donors (Lipinski definition) is 0. The van der Waals surface area contributed by atoms with Gasteiger partial charge in [-0.1, -0.05) is 19.8 Å². The van der Waals surface area contributed by atoms with Crippen molar-refractivity contribution < 1.29 is 0 Å². The normalized spacial score (nSPS) is 8.12. The summed E-state index contributed by atoms with van der Waals surface area (Å²) in [6, 6.07) is 2.53. The van der Waals surface area contributed by atoms with Gasteiger partial charge in [0, 0.05) is 19.6 Å². The van der Waals surface area contributed by atoms with Gasteiger partial charge in [-0.05, 0) is 6.42 Å². The summed E-state index contributed by atoms with van der Waals surface area (Å²) in [5, 5.41) is 0. The van der Waals surface area contributed by atoms with Crippen LogP contribution in [-0.2, 0) is 0 Å². The molecule has 0 aliphatic carbocycles. The molecule has 0 fully saturated rings. The van der Waals surface area contributed by atoms with Gasteiger partial charge in [0.25, 0.3) is 0 Å². The van der Waals surface area contributed by atoms with Crippen molar-refractivity contribution in [3.63, 3.8) is 0 Å². The first-order chi connectivity index (χ1) is 3.81. The van der Waals surface area contributed by atoms with Crippen molar-refractivity contribution in [2.45, 2.75) is 19.8 Å². The standard InChI is InChI=1S/C7H13N/c1-4-6-7-8(3)5-2/h2H,4,6-7H2,1,3H3. The van der Waals surface area contributed by atoms with Crippen LogP contribution in [0.25, 0.3) is 0 Å². The molecule has 8 heavy (non-hydrogen) atoms. The Morgan fingerprint density at radius 3 is 2.62 bits per heavy atom. The van der Waals surface area contributed by atoms with Crippen LogP contribution >= 0.6 is 0 Å². The number of hydrogen-bond acceptors (Lipinski definition) is 1. The lowest BCUT2D eigenvalue weighted by atomic mass is 10.3. The summed E-state index contributed by atoms with van der Waals surface area (Å²) in [4.78, 5) is 1.86. The fourth-order valence-electron chi connectivity index (χ4n) is 0.460. The van der Waals surface area contributed by atoms with E-state index in [1.807, 2.05) is 11.9 Å². The molecule has 46 valence electrons. The van der Waals surface area contributed by atoms with Gasteiger partial charge < -0.3 is 4.90 Å². The highest BCUT2D eigenvalue weighted by atomic mass is 15.1. The average molecular weight is 111 g/mol. The van der Waals surface area contributed by atoms with Crippen molar-refractivity contribution in [2.24, 2.45) is 0 Å². The van der Waals surface area contributed by atoms with E-state index in [4.69, 9.17) is 6.42 Å². The van der Waals surface area contributed by atoms with Crippen LogP contribution in [0, 0.1) is 12.5 Å². The van der Waals surface area contributed by atoms with E-state index in [9.17, 15) is 0 Å². The third kappa shape index (κ3) is 3.55. The molecule has 0 saturated heterocycles. The van der Waals surface area contributed by atoms with E-state index in [1.165, 1.54) is 12.8 Å². The van der Waals surface area contributed by atoms with Crippen LogP contribution in [0.5, 0.6) is 0 Å². The monoisotopic (exact) mass is 111 g/mol. The molecule has 0 radical (unpaired) electrons. The average Bonchev–Trinajstić information content (AvgIpc) is 1.83. The summed E-state index contributed by atoms with van der Waals surface area (Å²) in [7, 11) is 1.93. The maximum absolute atomic E-state index is 5.09. The Morgan fingerprint density at radius 1 is 1.62 bits per heavy atom. The Hall–Kier alpha value is -0.640. The first-order valence-corrected chi connectivity index (χ1v) is 2.98. The molecule has 1 nitrogen and oxygen atoms in total. The van der Waals surface area contributed by atoms with Crippen molar-refractivity contribution in [3.8, 4) is 12.5 Å². The zero-order valence-electron chi connectivity index (χ0n) is 5.65. The van der Waals surface area contributed by atoms with E-state index in [-0.39, 0.29) is 0 Å². The molecule has 0 aromatic rings. The third-order valence-corrected chi connectivity index (χ3v) is 1.07. The Morgan fingerprint density at radius 2 is 2.25 bits per heavy atom. The minimum Gasteiger partial charge on any atom is -0.336 e. The number of nitrogens with zero attached hydrogens (tertiary/aromatic N) is 1. The molecular weight excluding hydrogens is 98.1 g/mol. The highest BCUT2D eigenvalue weighted by Gasteiger charge is 1.85. The fraction of sp³-hybridized carbons (Fsp3) is 0.714. The number of unbranched alkanes of at least 4 members (excludes halogenated alkanes) is 1. The molecule has 0 unspecified atom stereocenters. The zero-order valence-corrected chi connectivity index (χ0v) is 5.65. The van der Waals surface area contributed by atoms with E-state index < -0.39 is 0 Å². The predicted octanol–water partition coefficient (Wildman–Crippen LogP) is 1.31. The molecule has 0 aliphatic heterocycles. The van der Waals surface area contributed by atoms with Crippen LogP contribution in [0.15, 0.2) is 0 Å². The van der Waals surface area contributed by atoms with Gasteiger partial charge in [0.1, 0.15) is 0 Å². The van der Waals surface area contributed by atoms with Crippen molar-refractivity contribution in [1.29, 1.82) is 0 Å². The van der Waals surface area contributed by atoms with Gasteiger partial charge in [-0.25, -0.2) is 0 Å². The van der Waals surface area contributed by atoms with Crippen molar-refractivity contribution in [2.75, 3.05) is 13.6 Å². The molecule has 1 heteroatoms. The summed E-state index contributed by atoms with van der Waals surface area (Å²) in [5.74, 6) is 0.